The van der Waals surface area contributed by atoms with Gasteiger partial charge in [0.2, 0.25) is 10.0 Å². The lowest BCUT2D eigenvalue weighted by molar-refractivity contribution is -0.0982. The molecule has 0 radical (unpaired) electrons. The van der Waals surface area contributed by atoms with E-state index in [1.165, 1.54) is 25.6 Å². The standard InChI is InChI=1S/C22H26BrClN4O8S/c1-36-17-7-11-15(25-9-26-22(11)27-10-3-4-13(23)14(24)5-10)6-12(17)19(31)18(28-37(2,34)35)21(33)20(32)16(30)8-29/h3-7,9,16,18-21,28-33H,8H2,1-2H3,(H,25,26,27)/t16-,18-,19?,20+,21+/m1/s1. The number of methoxy groups -OCH3 is 1. The summed E-state index contributed by atoms with van der Waals surface area (Å²) in [5.41, 5.74) is 0.990. The van der Waals surface area contributed by atoms with Crippen LogP contribution in [0.5, 0.6) is 5.75 Å². The van der Waals surface area contributed by atoms with Crippen LogP contribution in [0.3, 0.4) is 0 Å². The van der Waals surface area contributed by atoms with Crippen molar-refractivity contribution in [2.24, 2.45) is 0 Å². The second-order valence-electron chi connectivity index (χ2n) is 8.18. The van der Waals surface area contributed by atoms with Crippen LogP contribution in [0.25, 0.3) is 10.9 Å². The van der Waals surface area contributed by atoms with Gasteiger partial charge in [0.05, 0.1) is 36.6 Å². The first-order chi connectivity index (χ1) is 17.4. The van der Waals surface area contributed by atoms with Crippen molar-refractivity contribution in [3.05, 3.63) is 51.7 Å². The number of halogens is 2. The second kappa shape index (κ2) is 12.1. The fourth-order valence-electron chi connectivity index (χ4n) is 3.63. The molecule has 202 valence electrons. The Labute approximate surface area is 226 Å². The SMILES string of the molecule is COc1cc2c(Nc3ccc(Br)c(Cl)c3)ncnc2cc1C(O)[C@@H](NS(C)(=O)=O)[C@H](O)[C@@H](O)[C@H](O)CO. The Bertz CT molecular complexity index is 1370. The molecule has 12 nitrogen and oxygen atoms in total. The van der Waals surface area contributed by atoms with Crippen LogP contribution in [0.15, 0.2) is 41.1 Å². The van der Waals surface area contributed by atoms with E-state index in [1.54, 1.807) is 18.2 Å². The molecule has 1 heterocycles. The van der Waals surface area contributed by atoms with Gasteiger partial charge >= 0.3 is 0 Å². The Morgan fingerprint density at radius 1 is 1.11 bits per heavy atom. The summed E-state index contributed by atoms with van der Waals surface area (Å²) in [6.07, 6.45) is -5.50. The predicted octanol–water partition coefficient (Wildman–Crippen LogP) is 0.824. The van der Waals surface area contributed by atoms with Gasteiger partial charge < -0.3 is 35.6 Å². The van der Waals surface area contributed by atoms with Gasteiger partial charge in [-0.05, 0) is 46.3 Å². The Morgan fingerprint density at radius 2 is 1.81 bits per heavy atom. The van der Waals surface area contributed by atoms with Crippen LogP contribution in [0.1, 0.15) is 11.7 Å². The van der Waals surface area contributed by atoms with E-state index in [9.17, 15) is 28.8 Å². The van der Waals surface area contributed by atoms with Crippen LogP contribution >= 0.6 is 27.5 Å². The Morgan fingerprint density at radius 3 is 2.41 bits per heavy atom. The molecule has 3 aromatic rings. The summed E-state index contributed by atoms with van der Waals surface area (Å²) in [5.74, 6) is 0.478. The van der Waals surface area contributed by atoms with E-state index in [1.807, 2.05) is 0 Å². The van der Waals surface area contributed by atoms with E-state index in [-0.39, 0.29) is 11.3 Å². The van der Waals surface area contributed by atoms with E-state index in [4.69, 9.17) is 21.4 Å². The van der Waals surface area contributed by atoms with Gasteiger partial charge in [-0.25, -0.2) is 23.1 Å². The van der Waals surface area contributed by atoms with Gasteiger partial charge in [-0.1, -0.05) is 11.6 Å². The minimum atomic E-state index is -4.01. The molecular formula is C22H26BrClN4O8S. The molecule has 3 rings (SSSR count). The van der Waals surface area contributed by atoms with Gasteiger partial charge in [0.25, 0.3) is 0 Å². The molecule has 1 unspecified atom stereocenters. The minimum absolute atomic E-state index is 0.0252. The number of hydrogen-bond donors (Lipinski definition) is 7. The highest BCUT2D eigenvalue weighted by molar-refractivity contribution is 9.10. The van der Waals surface area contributed by atoms with Crippen molar-refractivity contribution in [3.63, 3.8) is 0 Å². The molecule has 0 bridgehead atoms. The molecule has 0 aliphatic heterocycles. The van der Waals surface area contributed by atoms with Crippen LogP contribution in [-0.2, 0) is 10.0 Å². The Balaban J connectivity index is 2.06. The third-order valence-electron chi connectivity index (χ3n) is 5.48. The number of nitrogens with one attached hydrogen (secondary N) is 2. The lowest BCUT2D eigenvalue weighted by Gasteiger charge is -2.32. The van der Waals surface area contributed by atoms with E-state index in [2.05, 4.69) is 35.9 Å². The molecule has 7 N–H and O–H groups in total. The quantitative estimate of drug-likeness (QED) is 0.160. The number of ether oxygens (including phenoxy) is 1. The van der Waals surface area contributed by atoms with Crippen molar-refractivity contribution in [2.45, 2.75) is 30.5 Å². The molecule has 2 aromatic carbocycles. The molecule has 0 aliphatic rings. The maximum Gasteiger partial charge on any atom is 0.209 e. The van der Waals surface area contributed by atoms with E-state index in [0.29, 0.717) is 31.9 Å². The minimum Gasteiger partial charge on any atom is -0.496 e. The first-order valence-electron chi connectivity index (χ1n) is 10.7. The summed E-state index contributed by atoms with van der Waals surface area (Å²) in [4.78, 5) is 8.47. The molecule has 1 aromatic heterocycles. The molecule has 5 atom stereocenters. The number of sulfonamides is 1. The summed E-state index contributed by atoms with van der Waals surface area (Å²) in [6, 6.07) is 6.41. The number of aliphatic hydroxyl groups is 5. The van der Waals surface area contributed by atoms with Gasteiger partial charge in [-0.3, -0.25) is 0 Å². The zero-order valence-corrected chi connectivity index (χ0v) is 22.7. The summed E-state index contributed by atoms with van der Waals surface area (Å²) in [6.45, 7) is -0.907. The fourth-order valence-corrected chi connectivity index (χ4v) is 4.82. The van der Waals surface area contributed by atoms with Gasteiger partial charge in [-0.15, -0.1) is 0 Å². The Kier molecular flexibility index (Phi) is 9.66. The van der Waals surface area contributed by atoms with Gasteiger partial charge in [0, 0.05) is 21.1 Å². The predicted molar refractivity (Wildman–Crippen MR) is 140 cm³/mol. The molecule has 0 fully saturated rings. The zero-order valence-electron chi connectivity index (χ0n) is 19.6. The summed E-state index contributed by atoms with van der Waals surface area (Å²) in [7, 11) is -2.69. The highest BCUT2D eigenvalue weighted by Gasteiger charge is 2.38. The number of nitrogens with zero attached hydrogens (tertiary/aromatic N) is 2. The highest BCUT2D eigenvalue weighted by atomic mass is 79.9. The van der Waals surface area contributed by atoms with Crippen molar-refractivity contribution in [1.82, 2.24) is 14.7 Å². The number of hydrogen-bond acceptors (Lipinski definition) is 11. The topological polar surface area (TPSA) is 194 Å². The fraction of sp³-hybridized carbons (Fsp3) is 0.364. The lowest BCUT2D eigenvalue weighted by Crippen LogP contribution is -2.54. The number of benzene rings is 2. The third-order valence-corrected chi connectivity index (χ3v) is 7.41. The molecule has 0 saturated carbocycles. The van der Waals surface area contributed by atoms with E-state index < -0.39 is 47.1 Å². The molecule has 37 heavy (non-hydrogen) atoms. The number of anilines is 2. The summed E-state index contributed by atoms with van der Waals surface area (Å²) < 4.78 is 32.2. The number of aliphatic hydroxyl groups excluding tert-OH is 5. The van der Waals surface area contributed by atoms with Crippen molar-refractivity contribution in [1.29, 1.82) is 0 Å². The molecule has 0 aliphatic carbocycles. The van der Waals surface area contributed by atoms with Crippen LogP contribution in [0.2, 0.25) is 5.02 Å². The average Bonchev–Trinajstić information content (AvgIpc) is 2.86. The lowest BCUT2D eigenvalue weighted by atomic mass is 9.92. The van der Waals surface area contributed by atoms with Gasteiger partial charge in [0.1, 0.15) is 42.3 Å². The van der Waals surface area contributed by atoms with E-state index in [0.717, 1.165) is 6.26 Å². The molecule has 0 saturated heterocycles. The van der Waals surface area contributed by atoms with Gasteiger partial charge in [-0.2, -0.15) is 0 Å². The highest BCUT2D eigenvalue weighted by Crippen LogP contribution is 2.36. The van der Waals surface area contributed by atoms with Crippen molar-refractivity contribution in [2.75, 3.05) is 25.3 Å². The number of rotatable bonds is 11. The number of aromatic nitrogens is 2. The van der Waals surface area contributed by atoms with Crippen LogP contribution in [-0.4, -0.2) is 88.2 Å². The molecule has 0 amide bonds. The number of fused-ring (bicyclic) bond motifs is 1. The van der Waals surface area contributed by atoms with Crippen molar-refractivity contribution in [3.8, 4) is 5.75 Å². The van der Waals surface area contributed by atoms with Crippen molar-refractivity contribution >= 4 is 60.0 Å². The smallest absolute Gasteiger partial charge is 0.209 e. The van der Waals surface area contributed by atoms with Crippen molar-refractivity contribution < 1.29 is 38.7 Å². The largest absolute Gasteiger partial charge is 0.496 e. The first-order valence-corrected chi connectivity index (χ1v) is 13.8. The summed E-state index contributed by atoms with van der Waals surface area (Å²) >= 11 is 9.50. The molecular weight excluding hydrogens is 596 g/mol. The van der Waals surface area contributed by atoms with Gasteiger partial charge in [0.15, 0.2) is 0 Å². The molecule has 15 heteroatoms. The van der Waals surface area contributed by atoms with Crippen LogP contribution in [0, 0.1) is 0 Å². The monoisotopic (exact) mass is 620 g/mol. The van der Waals surface area contributed by atoms with E-state index >= 15 is 0 Å². The maximum atomic E-state index is 12.0. The third kappa shape index (κ3) is 7.04. The Hall–Kier alpha value is -2.14. The van der Waals surface area contributed by atoms with Crippen LogP contribution in [0.4, 0.5) is 11.5 Å². The second-order valence-corrected chi connectivity index (χ2v) is 11.2. The first kappa shape index (κ1) is 29.4. The normalized spacial score (nSPS) is 16.1. The maximum absolute atomic E-state index is 12.0. The zero-order chi connectivity index (χ0) is 27.5. The summed E-state index contributed by atoms with van der Waals surface area (Å²) in [5, 5.41) is 54.9. The van der Waals surface area contributed by atoms with Crippen LogP contribution < -0.4 is 14.8 Å². The molecule has 0 spiro atoms. The average molecular weight is 622 g/mol.